The molecule has 0 saturated carbocycles. The Balaban J connectivity index is 1.60. The van der Waals surface area contributed by atoms with Gasteiger partial charge in [0.25, 0.3) is 0 Å². The molecule has 2 rings (SSSR count). The smallest absolute Gasteiger partial charge is 0.0981 e. The predicted molar refractivity (Wildman–Crippen MR) is 84.4 cm³/mol. The van der Waals surface area contributed by atoms with E-state index in [0.717, 1.165) is 39.4 Å². The van der Waals surface area contributed by atoms with E-state index in [1.54, 1.807) is 0 Å². The van der Waals surface area contributed by atoms with E-state index in [1.807, 2.05) is 17.5 Å². The molecule has 5 heteroatoms. The maximum absolute atomic E-state index is 5.35. The largest absolute Gasteiger partial charge is 0.379 e. The molecule has 1 saturated heterocycles. The van der Waals surface area contributed by atoms with Crippen LogP contribution in [0.3, 0.4) is 0 Å². The third-order valence-electron chi connectivity index (χ3n) is 3.43. The summed E-state index contributed by atoms with van der Waals surface area (Å²) in [4.78, 5) is 8.33. The average molecular weight is 297 g/mol. The molecule has 0 aromatic carbocycles. The van der Waals surface area contributed by atoms with Crippen molar-refractivity contribution in [2.24, 2.45) is 0 Å². The molecule has 0 atom stereocenters. The number of aromatic nitrogens is 1. The summed E-state index contributed by atoms with van der Waals surface area (Å²) in [5, 5.41) is 4.74. The Kier molecular flexibility index (Phi) is 5.96. The second-order valence-electron chi connectivity index (χ2n) is 6.37. The molecule has 1 aromatic rings. The maximum Gasteiger partial charge on any atom is 0.0981 e. The quantitative estimate of drug-likeness (QED) is 0.817. The molecule has 0 amide bonds. The van der Waals surface area contributed by atoms with Gasteiger partial charge in [-0.3, -0.25) is 4.90 Å². The fourth-order valence-corrected chi connectivity index (χ4v) is 3.14. The molecule has 114 valence electrons. The molecular weight excluding hydrogens is 270 g/mol. The molecule has 20 heavy (non-hydrogen) atoms. The van der Waals surface area contributed by atoms with Gasteiger partial charge < -0.3 is 10.1 Å². The molecule has 2 heterocycles. The van der Waals surface area contributed by atoms with Crippen LogP contribution in [-0.2, 0) is 16.7 Å². The summed E-state index contributed by atoms with van der Waals surface area (Å²) in [7, 11) is 0. The van der Waals surface area contributed by atoms with Crippen LogP contribution in [0.1, 0.15) is 37.1 Å². The summed E-state index contributed by atoms with van der Waals surface area (Å²) >= 11 is 1.83. The van der Waals surface area contributed by atoms with Crippen LogP contribution in [0.4, 0.5) is 0 Å². The second-order valence-corrected chi connectivity index (χ2v) is 7.48. The van der Waals surface area contributed by atoms with Crippen LogP contribution in [0.2, 0.25) is 0 Å². The monoisotopic (exact) mass is 297 g/mol. The van der Waals surface area contributed by atoms with Crippen LogP contribution in [0.25, 0.3) is 0 Å². The maximum atomic E-state index is 5.35. The van der Waals surface area contributed by atoms with Crippen molar-refractivity contribution in [3.63, 3.8) is 0 Å². The van der Waals surface area contributed by atoms with Crippen LogP contribution in [0, 0.1) is 0 Å². The molecule has 1 aliphatic heterocycles. The molecule has 0 unspecified atom stereocenters. The zero-order chi connectivity index (χ0) is 14.4. The van der Waals surface area contributed by atoms with Crippen molar-refractivity contribution < 1.29 is 4.74 Å². The van der Waals surface area contributed by atoms with Crippen LogP contribution in [0.15, 0.2) is 6.20 Å². The number of nitrogens with one attached hydrogen (secondary N) is 1. The van der Waals surface area contributed by atoms with Crippen molar-refractivity contribution in [3.05, 3.63) is 16.1 Å². The second kappa shape index (κ2) is 7.50. The normalized spacial score (nSPS) is 17.6. The number of hydrogen-bond acceptors (Lipinski definition) is 5. The van der Waals surface area contributed by atoms with Gasteiger partial charge >= 0.3 is 0 Å². The third-order valence-corrected chi connectivity index (χ3v) is 4.85. The van der Waals surface area contributed by atoms with Crippen molar-refractivity contribution in [2.45, 2.75) is 39.2 Å². The molecule has 1 aromatic heterocycles. The molecular formula is C15H27N3OS. The van der Waals surface area contributed by atoms with E-state index in [9.17, 15) is 0 Å². The van der Waals surface area contributed by atoms with Gasteiger partial charge in [0.15, 0.2) is 0 Å². The Labute approximate surface area is 126 Å². The predicted octanol–water partition coefficient (Wildman–Crippen LogP) is 2.25. The first-order valence-corrected chi connectivity index (χ1v) is 8.33. The molecule has 1 aliphatic rings. The third kappa shape index (κ3) is 5.13. The number of thiazole rings is 1. The molecule has 4 nitrogen and oxygen atoms in total. The number of rotatable bonds is 6. The van der Waals surface area contributed by atoms with Gasteiger partial charge in [0, 0.05) is 36.1 Å². The Bertz CT molecular complexity index is 394. The lowest BCUT2D eigenvalue weighted by Gasteiger charge is -2.26. The minimum absolute atomic E-state index is 0.166. The number of morpholine rings is 1. The lowest BCUT2D eigenvalue weighted by Crippen LogP contribution is -2.37. The highest BCUT2D eigenvalue weighted by Gasteiger charge is 2.17. The Morgan fingerprint density at radius 1 is 1.35 bits per heavy atom. The van der Waals surface area contributed by atoms with E-state index in [2.05, 4.69) is 36.0 Å². The Hall–Kier alpha value is -0.490. The Morgan fingerprint density at radius 2 is 2.10 bits per heavy atom. The Morgan fingerprint density at radius 3 is 2.75 bits per heavy atom. The van der Waals surface area contributed by atoms with Crippen LogP contribution in [-0.4, -0.2) is 49.3 Å². The zero-order valence-electron chi connectivity index (χ0n) is 12.9. The molecule has 0 aliphatic carbocycles. The minimum Gasteiger partial charge on any atom is -0.379 e. The summed E-state index contributed by atoms with van der Waals surface area (Å²) in [5.41, 5.74) is 0.166. The van der Waals surface area contributed by atoms with E-state index in [0.29, 0.717) is 0 Å². The highest BCUT2D eigenvalue weighted by molar-refractivity contribution is 7.11. The first-order chi connectivity index (χ1) is 9.55. The van der Waals surface area contributed by atoms with Gasteiger partial charge in [0.2, 0.25) is 0 Å². The topological polar surface area (TPSA) is 37.4 Å². The van der Waals surface area contributed by atoms with Gasteiger partial charge in [0.1, 0.15) is 0 Å². The fourth-order valence-electron chi connectivity index (χ4n) is 2.20. The number of hydrogen-bond donors (Lipinski definition) is 1. The molecule has 0 bridgehead atoms. The molecule has 1 N–H and O–H groups in total. The highest BCUT2D eigenvalue weighted by atomic mass is 32.1. The lowest BCUT2D eigenvalue weighted by atomic mass is 9.98. The summed E-state index contributed by atoms with van der Waals surface area (Å²) in [6.07, 6.45) is 3.21. The standard InChI is InChI=1S/C15H27N3OS/c1-15(2,3)14-17-12-13(20-14)11-16-5-4-6-18-7-9-19-10-8-18/h12,16H,4-11H2,1-3H3. The molecule has 1 fully saturated rings. The van der Waals surface area contributed by atoms with Gasteiger partial charge in [-0.25, -0.2) is 4.98 Å². The van der Waals surface area contributed by atoms with Crippen molar-refractivity contribution in [2.75, 3.05) is 39.4 Å². The van der Waals surface area contributed by atoms with Crippen LogP contribution in [0.5, 0.6) is 0 Å². The van der Waals surface area contributed by atoms with Crippen molar-refractivity contribution >= 4 is 11.3 Å². The first-order valence-electron chi connectivity index (χ1n) is 7.52. The SMILES string of the molecule is CC(C)(C)c1ncc(CNCCCN2CCOCC2)s1. The van der Waals surface area contributed by atoms with E-state index in [1.165, 1.54) is 22.9 Å². The summed E-state index contributed by atoms with van der Waals surface area (Å²) < 4.78 is 5.35. The molecule has 0 spiro atoms. The zero-order valence-corrected chi connectivity index (χ0v) is 13.8. The highest BCUT2D eigenvalue weighted by Crippen LogP contribution is 2.26. The average Bonchev–Trinajstić information content (AvgIpc) is 2.88. The van der Waals surface area contributed by atoms with E-state index in [-0.39, 0.29) is 5.41 Å². The number of nitrogens with zero attached hydrogens (tertiary/aromatic N) is 2. The summed E-state index contributed by atoms with van der Waals surface area (Å²) in [6.45, 7) is 13.8. The van der Waals surface area contributed by atoms with Crippen LogP contribution < -0.4 is 5.32 Å². The van der Waals surface area contributed by atoms with Crippen molar-refractivity contribution in [1.82, 2.24) is 15.2 Å². The lowest BCUT2D eigenvalue weighted by molar-refractivity contribution is 0.0374. The summed E-state index contributed by atoms with van der Waals surface area (Å²) in [6, 6.07) is 0. The van der Waals surface area contributed by atoms with E-state index < -0.39 is 0 Å². The number of ether oxygens (including phenoxy) is 1. The van der Waals surface area contributed by atoms with Gasteiger partial charge in [-0.05, 0) is 19.5 Å². The van der Waals surface area contributed by atoms with E-state index in [4.69, 9.17) is 4.74 Å². The van der Waals surface area contributed by atoms with Gasteiger partial charge in [-0.2, -0.15) is 0 Å². The fraction of sp³-hybridized carbons (Fsp3) is 0.800. The van der Waals surface area contributed by atoms with Gasteiger partial charge in [-0.15, -0.1) is 11.3 Å². The van der Waals surface area contributed by atoms with Crippen molar-refractivity contribution in [1.29, 1.82) is 0 Å². The molecule has 0 radical (unpaired) electrons. The minimum atomic E-state index is 0.166. The van der Waals surface area contributed by atoms with Gasteiger partial charge in [-0.1, -0.05) is 20.8 Å². The van der Waals surface area contributed by atoms with Crippen LogP contribution >= 0.6 is 11.3 Å². The first kappa shape index (κ1) is 15.9. The van der Waals surface area contributed by atoms with E-state index >= 15 is 0 Å². The summed E-state index contributed by atoms with van der Waals surface area (Å²) in [5.74, 6) is 0. The van der Waals surface area contributed by atoms with Crippen molar-refractivity contribution in [3.8, 4) is 0 Å². The van der Waals surface area contributed by atoms with Gasteiger partial charge in [0.05, 0.1) is 18.2 Å².